The maximum Gasteiger partial charge on any atom is 0.220 e. The van der Waals surface area contributed by atoms with Crippen LogP contribution in [0.1, 0.15) is 71.7 Å². The molecular weight excluding hydrogens is 396 g/mol. The third-order valence-electron chi connectivity index (χ3n) is 5.28. The highest BCUT2D eigenvalue weighted by Gasteiger charge is 2.23. The van der Waals surface area contributed by atoms with E-state index in [9.17, 15) is 4.79 Å². The molecule has 1 saturated heterocycles. The van der Waals surface area contributed by atoms with Crippen molar-refractivity contribution >= 4 is 28.6 Å². The van der Waals surface area contributed by atoms with E-state index in [2.05, 4.69) is 89.0 Å². The predicted molar refractivity (Wildman–Crippen MR) is 139 cm³/mol. The van der Waals surface area contributed by atoms with Crippen LogP contribution in [0.2, 0.25) is 0 Å². The third-order valence-corrected chi connectivity index (χ3v) is 5.28. The first-order valence-corrected chi connectivity index (χ1v) is 11.6. The van der Waals surface area contributed by atoms with E-state index in [0.29, 0.717) is 17.3 Å². The van der Waals surface area contributed by atoms with Gasteiger partial charge in [0.15, 0.2) is 0 Å². The van der Waals surface area contributed by atoms with Crippen LogP contribution >= 0.6 is 0 Å². The fourth-order valence-corrected chi connectivity index (χ4v) is 3.44. The molecule has 1 N–H and O–H groups in total. The number of nitrogens with one attached hydrogen (secondary N) is 1. The second-order valence-corrected chi connectivity index (χ2v) is 10.5. The molecular formula is C27H44N4O. The fourth-order valence-electron chi connectivity index (χ4n) is 3.44. The molecule has 1 atom stereocenters. The van der Waals surface area contributed by atoms with Gasteiger partial charge in [0.1, 0.15) is 0 Å². The number of aromatic nitrogens is 2. The van der Waals surface area contributed by atoms with Crippen molar-refractivity contribution in [1.82, 2.24) is 15.1 Å². The Labute approximate surface area is 195 Å². The smallest absolute Gasteiger partial charge is 0.220 e. The molecule has 2 heterocycles. The third kappa shape index (κ3) is 8.60. The average molecular weight is 441 g/mol. The van der Waals surface area contributed by atoms with Crippen LogP contribution in [-0.2, 0) is 11.8 Å². The van der Waals surface area contributed by atoms with Crippen molar-refractivity contribution in [3.05, 3.63) is 35.0 Å². The van der Waals surface area contributed by atoms with Gasteiger partial charge in [0.05, 0.1) is 5.52 Å². The molecule has 0 aliphatic carbocycles. The summed E-state index contributed by atoms with van der Waals surface area (Å²) in [7, 11) is 3.78. The van der Waals surface area contributed by atoms with Gasteiger partial charge in [-0.3, -0.25) is 14.5 Å². The Morgan fingerprint density at radius 3 is 2.25 bits per heavy atom. The Balaban J connectivity index is 0.000000303. The Bertz CT molecular complexity index is 952. The largest absolute Gasteiger partial charge is 0.356 e. The number of benzene rings is 1. The molecule has 0 radical (unpaired) electrons. The SMILES string of the molecule is C/C=C(\C=NC)c1cc(C)c2c(C)n(C)nc2c1.CC(C)(C)C.CC(C)C1CNC(=O)C1. The standard InChI is InChI=1S/C15H19N3.C7H13NO.C5H12/c1-6-12(9-16-4)13-7-10(2)15-11(3)18(5)17-14(15)8-13;1-5(2)6-3-7(9)8-4-6;1-5(2,3)4/h6-9H,1-5H3;5-6H,3-4H2,1-2H3,(H,8,9);1-4H3/b12-6+,16-9?;;. The summed E-state index contributed by atoms with van der Waals surface area (Å²) in [6, 6.07) is 4.33. The van der Waals surface area contributed by atoms with Gasteiger partial charge in [-0.05, 0) is 60.8 Å². The van der Waals surface area contributed by atoms with E-state index in [4.69, 9.17) is 0 Å². The van der Waals surface area contributed by atoms with Gasteiger partial charge < -0.3 is 5.32 Å². The molecule has 178 valence electrons. The van der Waals surface area contributed by atoms with E-state index in [0.717, 1.165) is 24.1 Å². The molecule has 5 nitrogen and oxygen atoms in total. The summed E-state index contributed by atoms with van der Waals surface area (Å²) in [4.78, 5) is 14.7. The Hall–Kier alpha value is -2.43. The zero-order valence-corrected chi connectivity index (χ0v) is 22.1. The lowest BCUT2D eigenvalue weighted by atomic mass is 9.95. The van der Waals surface area contributed by atoms with Crippen molar-refractivity contribution in [3.8, 4) is 0 Å². The summed E-state index contributed by atoms with van der Waals surface area (Å²) in [5.41, 5.74) is 6.32. The van der Waals surface area contributed by atoms with Gasteiger partial charge in [-0.25, -0.2) is 0 Å². The number of carbonyl (C=O) groups excluding carboxylic acids is 1. The van der Waals surface area contributed by atoms with Crippen molar-refractivity contribution in [3.63, 3.8) is 0 Å². The molecule has 2 aromatic rings. The van der Waals surface area contributed by atoms with Gasteiger partial charge in [0.2, 0.25) is 5.91 Å². The van der Waals surface area contributed by atoms with Crippen LogP contribution in [-0.4, -0.2) is 35.5 Å². The van der Waals surface area contributed by atoms with Gasteiger partial charge in [-0.15, -0.1) is 0 Å². The number of rotatable bonds is 3. The second-order valence-electron chi connectivity index (χ2n) is 10.5. The topological polar surface area (TPSA) is 59.3 Å². The predicted octanol–water partition coefficient (Wildman–Crippen LogP) is 6.12. The molecule has 1 aromatic heterocycles. The molecule has 0 bridgehead atoms. The van der Waals surface area contributed by atoms with E-state index in [1.165, 1.54) is 22.2 Å². The zero-order chi connectivity index (χ0) is 24.6. The van der Waals surface area contributed by atoms with Crippen molar-refractivity contribution < 1.29 is 4.79 Å². The lowest BCUT2D eigenvalue weighted by Gasteiger charge is -2.09. The van der Waals surface area contributed by atoms with Crippen LogP contribution in [0.5, 0.6) is 0 Å². The molecule has 1 aliphatic heterocycles. The lowest BCUT2D eigenvalue weighted by Crippen LogP contribution is -2.15. The number of allylic oxidation sites excluding steroid dienone is 2. The maximum absolute atomic E-state index is 10.6. The molecule has 1 aliphatic rings. The van der Waals surface area contributed by atoms with Crippen LogP contribution in [0.15, 0.2) is 23.2 Å². The minimum absolute atomic E-state index is 0.216. The molecule has 3 rings (SSSR count). The van der Waals surface area contributed by atoms with Gasteiger partial charge in [0.25, 0.3) is 0 Å². The number of hydrogen-bond acceptors (Lipinski definition) is 3. The van der Waals surface area contributed by atoms with Crippen LogP contribution in [0.4, 0.5) is 0 Å². The first-order valence-electron chi connectivity index (χ1n) is 11.6. The number of aryl methyl sites for hydroxylation is 3. The Morgan fingerprint density at radius 1 is 1.25 bits per heavy atom. The molecule has 0 spiro atoms. The Kier molecular flexibility index (Phi) is 10.3. The number of aliphatic imine (C=N–C) groups is 1. The molecule has 5 heteroatoms. The highest BCUT2D eigenvalue weighted by Crippen LogP contribution is 2.26. The van der Waals surface area contributed by atoms with E-state index in [1.807, 2.05) is 24.9 Å². The van der Waals surface area contributed by atoms with Crippen molar-refractivity contribution in [1.29, 1.82) is 0 Å². The summed E-state index contributed by atoms with van der Waals surface area (Å²) in [6.07, 6.45) is 4.69. The van der Waals surface area contributed by atoms with Crippen molar-refractivity contribution in [2.45, 2.75) is 68.7 Å². The zero-order valence-electron chi connectivity index (χ0n) is 22.1. The van der Waals surface area contributed by atoms with E-state index in [-0.39, 0.29) is 5.91 Å². The quantitative estimate of drug-likeness (QED) is 0.584. The van der Waals surface area contributed by atoms with Gasteiger partial charge in [-0.1, -0.05) is 53.7 Å². The Morgan fingerprint density at radius 2 is 1.84 bits per heavy atom. The van der Waals surface area contributed by atoms with E-state index < -0.39 is 0 Å². The highest BCUT2D eigenvalue weighted by molar-refractivity contribution is 6.10. The normalized spacial score (nSPS) is 16.7. The summed E-state index contributed by atoms with van der Waals surface area (Å²) >= 11 is 0. The number of amides is 1. The van der Waals surface area contributed by atoms with E-state index in [1.54, 1.807) is 7.05 Å². The fraction of sp³-hybridized carbons (Fsp3) is 0.593. The summed E-state index contributed by atoms with van der Waals surface area (Å²) in [5.74, 6) is 1.44. The molecule has 1 fully saturated rings. The first kappa shape index (κ1) is 27.6. The van der Waals surface area contributed by atoms with Crippen molar-refractivity contribution in [2.24, 2.45) is 29.3 Å². The summed E-state index contributed by atoms with van der Waals surface area (Å²) in [5, 5.41) is 8.62. The number of hydrogen-bond donors (Lipinski definition) is 1. The minimum Gasteiger partial charge on any atom is -0.356 e. The van der Waals surface area contributed by atoms with Gasteiger partial charge >= 0.3 is 0 Å². The second kappa shape index (κ2) is 12.0. The van der Waals surface area contributed by atoms with Crippen LogP contribution in [0.25, 0.3) is 16.5 Å². The molecule has 1 unspecified atom stereocenters. The monoisotopic (exact) mass is 440 g/mol. The first-order chi connectivity index (χ1) is 14.8. The van der Waals surface area contributed by atoms with Crippen molar-refractivity contribution in [2.75, 3.05) is 13.6 Å². The average Bonchev–Trinajstić information content (AvgIpc) is 3.22. The highest BCUT2D eigenvalue weighted by atomic mass is 16.1. The number of fused-ring (bicyclic) bond motifs is 1. The lowest BCUT2D eigenvalue weighted by molar-refractivity contribution is -0.119. The van der Waals surface area contributed by atoms with E-state index >= 15 is 0 Å². The van der Waals surface area contributed by atoms with Crippen LogP contribution in [0, 0.1) is 31.1 Å². The number of carbonyl (C=O) groups is 1. The molecule has 1 amide bonds. The maximum atomic E-state index is 10.6. The van der Waals surface area contributed by atoms with Crippen LogP contribution < -0.4 is 5.32 Å². The number of nitrogens with zero attached hydrogens (tertiary/aromatic N) is 3. The molecule has 0 saturated carbocycles. The van der Waals surface area contributed by atoms with Gasteiger partial charge in [0, 0.05) is 44.4 Å². The molecule has 1 aromatic carbocycles. The molecule has 32 heavy (non-hydrogen) atoms. The van der Waals surface area contributed by atoms with Crippen LogP contribution in [0.3, 0.4) is 0 Å². The summed E-state index contributed by atoms with van der Waals surface area (Å²) in [6.45, 7) is 20.2. The minimum atomic E-state index is 0.216. The van der Waals surface area contributed by atoms with Gasteiger partial charge in [-0.2, -0.15) is 5.10 Å². The summed E-state index contributed by atoms with van der Waals surface area (Å²) < 4.78 is 1.94.